The van der Waals surface area contributed by atoms with Crippen molar-refractivity contribution < 1.29 is 19.1 Å². The maximum atomic E-state index is 12.2. The van der Waals surface area contributed by atoms with Gasteiger partial charge in [-0.3, -0.25) is 4.79 Å². The Labute approximate surface area is 173 Å². The minimum atomic E-state index is -0.887. The van der Waals surface area contributed by atoms with E-state index < -0.39 is 18.5 Å². The summed E-state index contributed by atoms with van der Waals surface area (Å²) in [4.78, 5) is 28.0. The lowest BCUT2D eigenvalue weighted by Gasteiger charge is -2.08. The number of carbonyl (C=O) groups is 2. The van der Waals surface area contributed by atoms with E-state index in [2.05, 4.69) is 10.3 Å². The van der Waals surface area contributed by atoms with Crippen molar-refractivity contribution in [3.63, 3.8) is 0 Å². The van der Waals surface area contributed by atoms with Gasteiger partial charge in [-0.15, -0.1) is 0 Å². The van der Waals surface area contributed by atoms with E-state index in [4.69, 9.17) is 21.1 Å². The number of pyridine rings is 1. The lowest BCUT2D eigenvalue weighted by atomic mass is 10.1. The van der Waals surface area contributed by atoms with Crippen LogP contribution in [0.15, 0.2) is 30.0 Å². The van der Waals surface area contributed by atoms with E-state index in [1.165, 1.54) is 12.3 Å². The molecule has 0 aliphatic rings. The molecule has 0 saturated carbocycles. The quantitative estimate of drug-likeness (QED) is 0.307. The lowest BCUT2D eigenvalue weighted by Crippen LogP contribution is -2.21. The number of hydrogen-bond donors (Lipinski definition) is 1. The van der Waals surface area contributed by atoms with Crippen LogP contribution < -0.4 is 5.32 Å². The van der Waals surface area contributed by atoms with E-state index >= 15 is 0 Å². The molecule has 0 fully saturated rings. The molecule has 2 aromatic heterocycles. The van der Waals surface area contributed by atoms with Crippen molar-refractivity contribution in [3.8, 4) is 6.07 Å². The minimum absolute atomic E-state index is 0.119. The summed E-state index contributed by atoms with van der Waals surface area (Å²) in [6, 6.07) is 6.86. The molecule has 2 heterocycles. The molecule has 0 saturated heterocycles. The van der Waals surface area contributed by atoms with Crippen molar-refractivity contribution in [2.75, 3.05) is 25.6 Å². The smallest absolute Gasteiger partial charge is 0.349 e. The lowest BCUT2D eigenvalue weighted by molar-refractivity contribution is -0.142. The van der Waals surface area contributed by atoms with Crippen LogP contribution in [0.2, 0.25) is 5.15 Å². The number of halogens is 1. The number of carbonyl (C=O) groups excluding carboxylic acids is 2. The third kappa shape index (κ3) is 5.91. The highest BCUT2D eigenvalue weighted by molar-refractivity contribution is 6.32. The first-order chi connectivity index (χ1) is 13.9. The van der Waals surface area contributed by atoms with E-state index in [1.54, 1.807) is 19.2 Å². The van der Waals surface area contributed by atoms with E-state index in [0.29, 0.717) is 18.8 Å². The van der Waals surface area contributed by atoms with Gasteiger partial charge >= 0.3 is 5.97 Å². The molecule has 1 N–H and O–H groups in total. The first-order valence-corrected chi connectivity index (χ1v) is 9.10. The monoisotopic (exact) mass is 416 g/mol. The minimum Gasteiger partial charge on any atom is -0.451 e. The number of hydrogen-bond acceptors (Lipinski definition) is 6. The molecule has 2 aromatic rings. The van der Waals surface area contributed by atoms with Crippen LogP contribution in [0.4, 0.5) is 5.69 Å². The number of aryl methyl sites for hydroxylation is 1. The number of anilines is 1. The van der Waals surface area contributed by atoms with E-state index in [1.807, 2.05) is 30.6 Å². The van der Waals surface area contributed by atoms with E-state index in [-0.39, 0.29) is 10.7 Å². The fourth-order valence-corrected chi connectivity index (χ4v) is 2.83. The fourth-order valence-electron chi connectivity index (χ4n) is 2.67. The highest BCUT2D eigenvalue weighted by Gasteiger charge is 2.16. The zero-order chi connectivity index (χ0) is 21.4. The summed E-state index contributed by atoms with van der Waals surface area (Å²) in [5.41, 5.74) is 2.69. The zero-order valence-electron chi connectivity index (χ0n) is 16.4. The summed E-state index contributed by atoms with van der Waals surface area (Å²) in [7, 11) is 1.62. The van der Waals surface area contributed by atoms with Crippen LogP contribution in [0.1, 0.15) is 17.0 Å². The molecule has 29 heavy (non-hydrogen) atoms. The van der Waals surface area contributed by atoms with Gasteiger partial charge in [-0.05, 0) is 43.7 Å². The Bertz CT molecular complexity index is 975. The average Bonchev–Trinajstić information content (AvgIpc) is 2.97. The normalized spacial score (nSPS) is 11.1. The summed E-state index contributed by atoms with van der Waals surface area (Å²) in [6.07, 6.45) is 2.93. The molecular weight excluding hydrogens is 396 g/mol. The largest absolute Gasteiger partial charge is 0.451 e. The van der Waals surface area contributed by atoms with Crippen molar-refractivity contribution in [2.45, 2.75) is 20.4 Å². The molecule has 0 aliphatic heterocycles. The maximum Gasteiger partial charge on any atom is 0.349 e. The van der Waals surface area contributed by atoms with Gasteiger partial charge in [0.2, 0.25) is 0 Å². The van der Waals surface area contributed by atoms with Crippen molar-refractivity contribution >= 4 is 35.2 Å². The summed E-state index contributed by atoms with van der Waals surface area (Å²) in [5, 5.41) is 11.9. The summed E-state index contributed by atoms with van der Waals surface area (Å²) >= 11 is 5.86. The second kappa shape index (κ2) is 10.4. The van der Waals surface area contributed by atoms with Crippen LogP contribution in [0.3, 0.4) is 0 Å². The Kier molecular flexibility index (Phi) is 7.95. The molecule has 0 unspecified atom stereocenters. The summed E-state index contributed by atoms with van der Waals surface area (Å²) < 4.78 is 12.1. The second-order valence-electron chi connectivity index (χ2n) is 6.11. The van der Waals surface area contributed by atoms with Gasteiger partial charge in [0, 0.05) is 31.2 Å². The molecular formula is C20H21ClN4O4. The van der Waals surface area contributed by atoms with E-state index in [9.17, 15) is 14.9 Å². The third-order valence-electron chi connectivity index (χ3n) is 4.14. The van der Waals surface area contributed by atoms with Crippen LogP contribution in [0.5, 0.6) is 0 Å². The number of nitriles is 1. The van der Waals surface area contributed by atoms with Gasteiger partial charge in [0.15, 0.2) is 11.8 Å². The maximum absolute atomic E-state index is 12.2. The molecule has 0 radical (unpaired) electrons. The Hall–Kier alpha value is -3.15. The van der Waals surface area contributed by atoms with E-state index in [0.717, 1.165) is 17.0 Å². The van der Waals surface area contributed by atoms with Gasteiger partial charge in [-0.1, -0.05) is 11.6 Å². The molecule has 152 valence electrons. The number of esters is 1. The number of rotatable bonds is 8. The first kappa shape index (κ1) is 22.1. The molecule has 1 amide bonds. The van der Waals surface area contributed by atoms with Gasteiger partial charge in [0.25, 0.3) is 5.91 Å². The third-order valence-corrected chi connectivity index (χ3v) is 4.44. The number of methoxy groups -OCH3 is 1. The summed E-state index contributed by atoms with van der Waals surface area (Å²) in [6.45, 7) is 4.46. The van der Waals surface area contributed by atoms with Crippen molar-refractivity contribution in [2.24, 2.45) is 0 Å². The topological polar surface area (TPSA) is 106 Å². The SMILES string of the molecule is COCCn1c(C)cc(/C=C(\C#N)C(=O)OCC(=O)Nc2cccnc2Cl)c1C. The van der Waals surface area contributed by atoms with Crippen LogP contribution in [0, 0.1) is 25.2 Å². The number of aromatic nitrogens is 2. The highest BCUT2D eigenvalue weighted by atomic mass is 35.5. The van der Waals surface area contributed by atoms with Gasteiger partial charge < -0.3 is 19.4 Å². The number of ether oxygens (including phenoxy) is 2. The standard InChI is InChI=1S/C20H21ClN4O4/c1-13-9-15(14(2)25(13)7-8-28-3)10-16(11-22)20(27)29-12-18(26)24-17-5-4-6-23-19(17)21/h4-6,9-10H,7-8,12H2,1-3H3,(H,24,26)/b16-10+. The van der Waals surface area contributed by atoms with Crippen molar-refractivity contribution in [1.29, 1.82) is 5.26 Å². The molecule has 2 rings (SSSR count). The zero-order valence-corrected chi connectivity index (χ0v) is 17.1. The Morgan fingerprint density at radius 2 is 2.17 bits per heavy atom. The Morgan fingerprint density at radius 3 is 2.83 bits per heavy atom. The van der Waals surface area contributed by atoms with Crippen molar-refractivity contribution in [3.05, 3.63) is 52.1 Å². The van der Waals surface area contributed by atoms with Crippen LogP contribution in [0.25, 0.3) is 6.08 Å². The average molecular weight is 417 g/mol. The predicted octanol–water partition coefficient (Wildman–Crippen LogP) is 2.89. The summed E-state index contributed by atoms with van der Waals surface area (Å²) in [5.74, 6) is -1.48. The van der Waals surface area contributed by atoms with Crippen LogP contribution >= 0.6 is 11.6 Å². The van der Waals surface area contributed by atoms with Gasteiger partial charge in [0.05, 0.1) is 12.3 Å². The Balaban J connectivity index is 2.04. The highest BCUT2D eigenvalue weighted by Crippen LogP contribution is 2.19. The molecule has 8 nitrogen and oxygen atoms in total. The second-order valence-corrected chi connectivity index (χ2v) is 6.46. The molecule has 0 aromatic carbocycles. The molecule has 0 aliphatic carbocycles. The van der Waals surface area contributed by atoms with Crippen LogP contribution in [-0.2, 0) is 25.6 Å². The molecule has 0 atom stereocenters. The fraction of sp³-hybridized carbons (Fsp3) is 0.300. The first-order valence-electron chi connectivity index (χ1n) is 8.72. The van der Waals surface area contributed by atoms with Crippen molar-refractivity contribution in [1.82, 2.24) is 9.55 Å². The number of amides is 1. The van der Waals surface area contributed by atoms with Gasteiger partial charge in [0.1, 0.15) is 11.6 Å². The molecule has 9 heteroatoms. The number of nitrogens with zero attached hydrogens (tertiary/aromatic N) is 3. The Morgan fingerprint density at radius 1 is 1.41 bits per heavy atom. The predicted molar refractivity (Wildman–Crippen MR) is 108 cm³/mol. The number of nitrogens with one attached hydrogen (secondary N) is 1. The molecule has 0 bridgehead atoms. The molecule has 0 spiro atoms. The van der Waals surface area contributed by atoms with Gasteiger partial charge in [-0.25, -0.2) is 9.78 Å². The van der Waals surface area contributed by atoms with Crippen LogP contribution in [-0.4, -0.2) is 41.8 Å². The van der Waals surface area contributed by atoms with Gasteiger partial charge in [-0.2, -0.15) is 5.26 Å².